The van der Waals surface area contributed by atoms with E-state index in [1.807, 2.05) is 11.4 Å². The summed E-state index contributed by atoms with van der Waals surface area (Å²) in [5.74, 6) is 0.210. The summed E-state index contributed by atoms with van der Waals surface area (Å²) in [6, 6.07) is 9.73. The molecule has 0 spiro atoms. The largest absolute Gasteiger partial charge is 0.298 e. The van der Waals surface area contributed by atoms with Crippen LogP contribution in [0.3, 0.4) is 0 Å². The predicted molar refractivity (Wildman–Crippen MR) is 122 cm³/mol. The second kappa shape index (κ2) is 8.76. The quantitative estimate of drug-likeness (QED) is 0.543. The predicted octanol–water partition coefficient (Wildman–Crippen LogP) is 5.20. The number of carbonyl (C=O) groups excluding carboxylic acids is 1. The number of amides is 1. The highest BCUT2D eigenvalue weighted by Gasteiger charge is 2.28. The van der Waals surface area contributed by atoms with Crippen molar-refractivity contribution in [2.45, 2.75) is 24.7 Å². The zero-order valence-electron chi connectivity index (χ0n) is 16.2. The van der Waals surface area contributed by atoms with Crippen LogP contribution in [0.5, 0.6) is 0 Å². The number of hydrogen-bond donors (Lipinski definition) is 1. The minimum Gasteiger partial charge on any atom is -0.298 e. The molecular formula is C20H20ClN3O3S3. The highest BCUT2D eigenvalue weighted by atomic mass is 35.5. The van der Waals surface area contributed by atoms with E-state index in [9.17, 15) is 13.2 Å². The topological polar surface area (TPSA) is 79.4 Å². The van der Waals surface area contributed by atoms with Crippen molar-refractivity contribution >= 4 is 55.3 Å². The molecule has 30 heavy (non-hydrogen) atoms. The summed E-state index contributed by atoms with van der Waals surface area (Å²) in [7, 11) is -3.53. The van der Waals surface area contributed by atoms with Gasteiger partial charge in [0.2, 0.25) is 10.0 Å². The van der Waals surface area contributed by atoms with E-state index in [0.717, 1.165) is 23.4 Å². The highest BCUT2D eigenvalue weighted by Crippen LogP contribution is 2.33. The van der Waals surface area contributed by atoms with Gasteiger partial charge in [-0.05, 0) is 55.2 Å². The first-order chi connectivity index (χ1) is 14.3. The van der Waals surface area contributed by atoms with Gasteiger partial charge in [0.05, 0.1) is 19.8 Å². The maximum atomic E-state index is 12.8. The van der Waals surface area contributed by atoms with Crippen molar-refractivity contribution in [3.63, 3.8) is 0 Å². The van der Waals surface area contributed by atoms with Crippen LogP contribution in [0.2, 0.25) is 4.34 Å². The van der Waals surface area contributed by atoms with Crippen molar-refractivity contribution in [3.8, 4) is 10.6 Å². The van der Waals surface area contributed by atoms with Gasteiger partial charge >= 0.3 is 0 Å². The fourth-order valence-electron chi connectivity index (χ4n) is 3.22. The van der Waals surface area contributed by atoms with Crippen LogP contribution < -0.4 is 5.32 Å². The van der Waals surface area contributed by atoms with Crippen LogP contribution in [-0.2, 0) is 10.0 Å². The molecule has 3 heterocycles. The molecule has 6 nitrogen and oxygen atoms in total. The Labute approximate surface area is 188 Å². The lowest BCUT2D eigenvalue weighted by Gasteiger charge is -2.29. The Morgan fingerprint density at radius 3 is 2.50 bits per heavy atom. The third-order valence-corrected chi connectivity index (χ3v) is 8.97. The number of rotatable bonds is 5. The minimum atomic E-state index is -3.53. The molecule has 3 aromatic rings. The van der Waals surface area contributed by atoms with Crippen molar-refractivity contribution in [3.05, 3.63) is 51.7 Å². The zero-order valence-corrected chi connectivity index (χ0v) is 19.4. The van der Waals surface area contributed by atoms with Gasteiger partial charge in [0.15, 0.2) is 5.13 Å². The third kappa shape index (κ3) is 4.60. The number of carbonyl (C=O) groups is 1. The number of nitrogens with zero attached hydrogens (tertiary/aromatic N) is 2. The number of nitrogens with one attached hydrogen (secondary N) is 1. The molecular weight excluding hydrogens is 462 g/mol. The van der Waals surface area contributed by atoms with E-state index >= 15 is 0 Å². The Morgan fingerprint density at radius 1 is 1.17 bits per heavy atom. The number of halogens is 1. The number of piperidine rings is 1. The van der Waals surface area contributed by atoms with Crippen LogP contribution in [0, 0.1) is 5.92 Å². The molecule has 2 aromatic heterocycles. The first-order valence-electron chi connectivity index (χ1n) is 9.46. The van der Waals surface area contributed by atoms with Gasteiger partial charge in [-0.1, -0.05) is 18.5 Å². The van der Waals surface area contributed by atoms with E-state index in [1.54, 1.807) is 6.07 Å². The van der Waals surface area contributed by atoms with E-state index in [-0.39, 0.29) is 10.8 Å². The van der Waals surface area contributed by atoms with E-state index in [2.05, 4.69) is 17.2 Å². The lowest BCUT2D eigenvalue weighted by atomic mass is 10.0. The average Bonchev–Trinajstić information content (AvgIpc) is 3.37. The molecule has 1 fully saturated rings. The molecule has 0 radical (unpaired) electrons. The molecule has 1 aromatic carbocycles. The number of sulfonamides is 1. The monoisotopic (exact) mass is 481 g/mol. The number of aromatic nitrogens is 1. The Hall–Kier alpha value is -1.78. The maximum Gasteiger partial charge on any atom is 0.257 e. The first-order valence-corrected chi connectivity index (χ1v) is 13.0. The maximum absolute atomic E-state index is 12.8. The third-order valence-electron chi connectivity index (χ3n) is 5.05. The molecule has 0 saturated carbocycles. The summed E-state index contributed by atoms with van der Waals surface area (Å²) in [5, 5.41) is 5.09. The Bertz CT molecular complexity index is 1150. The zero-order chi connectivity index (χ0) is 21.3. The molecule has 1 N–H and O–H groups in total. The van der Waals surface area contributed by atoms with Gasteiger partial charge in [-0.15, -0.1) is 22.7 Å². The Kier molecular flexibility index (Phi) is 6.26. The van der Waals surface area contributed by atoms with Gasteiger partial charge in [0, 0.05) is 24.0 Å². The van der Waals surface area contributed by atoms with Crippen molar-refractivity contribution in [1.29, 1.82) is 0 Å². The molecule has 1 saturated heterocycles. The number of thiazole rings is 1. The molecule has 1 aliphatic heterocycles. The molecule has 158 valence electrons. The van der Waals surface area contributed by atoms with Crippen molar-refractivity contribution in [2.75, 3.05) is 18.4 Å². The average molecular weight is 482 g/mol. The van der Waals surface area contributed by atoms with Crippen LogP contribution in [0.25, 0.3) is 10.6 Å². The second-order valence-electron chi connectivity index (χ2n) is 7.21. The Balaban J connectivity index is 1.44. The SMILES string of the molecule is CC1CCN(S(=O)(=O)c2ccc(C(=O)Nc3nc(-c4ccc(Cl)s4)cs3)cc2)CC1. The molecule has 10 heteroatoms. The van der Waals surface area contributed by atoms with E-state index in [0.29, 0.717) is 34.0 Å². The van der Waals surface area contributed by atoms with Gasteiger partial charge in [-0.2, -0.15) is 4.31 Å². The van der Waals surface area contributed by atoms with Gasteiger partial charge in [0.25, 0.3) is 5.91 Å². The smallest absolute Gasteiger partial charge is 0.257 e. The van der Waals surface area contributed by atoms with Crippen LogP contribution in [0.1, 0.15) is 30.1 Å². The summed E-state index contributed by atoms with van der Waals surface area (Å²) in [6.45, 7) is 3.21. The van der Waals surface area contributed by atoms with Crippen molar-refractivity contribution < 1.29 is 13.2 Å². The summed E-state index contributed by atoms with van der Waals surface area (Å²) in [6.07, 6.45) is 1.74. The van der Waals surface area contributed by atoms with E-state index in [4.69, 9.17) is 11.6 Å². The van der Waals surface area contributed by atoms with Crippen molar-refractivity contribution in [1.82, 2.24) is 9.29 Å². The van der Waals surface area contributed by atoms with Gasteiger partial charge in [0.1, 0.15) is 0 Å². The highest BCUT2D eigenvalue weighted by molar-refractivity contribution is 7.89. The van der Waals surface area contributed by atoms with Crippen LogP contribution in [0.15, 0.2) is 46.7 Å². The molecule has 0 aliphatic carbocycles. The number of hydrogen-bond acceptors (Lipinski definition) is 6. The summed E-state index contributed by atoms with van der Waals surface area (Å²) >= 11 is 8.70. The summed E-state index contributed by atoms with van der Waals surface area (Å²) < 4.78 is 27.8. The van der Waals surface area contributed by atoms with Crippen LogP contribution in [0.4, 0.5) is 5.13 Å². The number of thiophene rings is 1. The molecule has 0 unspecified atom stereocenters. The molecule has 1 aliphatic rings. The van der Waals surface area contributed by atoms with Crippen LogP contribution in [-0.4, -0.2) is 36.7 Å². The van der Waals surface area contributed by atoms with Gasteiger partial charge < -0.3 is 0 Å². The number of anilines is 1. The number of benzene rings is 1. The lowest BCUT2D eigenvalue weighted by Crippen LogP contribution is -2.37. The minimum absolute atomic E-state index is 0.208. The van der Waals surface area contributed by atoms with E-state index < -0.39 is 10.0 Å². The summed E-state index contributed by atoms with van der Waals surface area (Å²) in [4.78, 5) is 18.1. The normalized spacial score (nSPS) is 15.9. The van der Waals surface area contributed by atoms with Gasteiger partial charge in [-0.3, -0.25) is 10.1 Å². The second-order valence-corrected chi connectivity index (χ2v) is 11.7. The first kappa shape index (κ1) is 21.5. The lowest BCUT2D eigenvalue weighted by molar-refractivity contribution is 0.102. The standard InChI is InChI=1S/C20H20ClN3O3S3/c1-13-8-10-24(11-9-13)30(26,27)15-4-2-14(3-5-15)19(25)23-20-22-16(12-28-20)17-6-7-18(21)29-17/h2-7,12-13H,8-11H2,1H3,(H,22,23,25). The molecule has 0 bridgehead atoms. The van der Waals surface area contributed by atoms with E-state index in [1.165, 1.54) is 51.2 Å². The summed E-state index contributed by atoms with van der Waals surface area (Å²) in [5.41, 5.74) is 1.13. The fraction of sp³-hybridized carbons (Fsp3) is 0.300. The molecule has 1 amide bonds. The Morgan fingerprint density at radius 2 is 1.87 bits per heavy atom. The molecule has 0 atom stereocenters. The fourth-order valence-corrected chi connectivity index (χ4v) is 6.47. The van der Waals surface area contributed by atoms with Crippen molar-refractivity contribution in [2.24, 2.45) is 5.92 Å². The van der Waals surface area contributed by atoms with Gasteiger partial charge in [-0.25, -0.2) is 13.4 Å². The van der Waals surface area contributed by atoms with Crippen LogP contribution >= 0.6 is 34.3 Å². The molecule has 4 rings (SSSR count).